The molecule has 0 spiro atoms. The van der Waals surface area contributed by atoms with Crippen molar-refractivity contribution in [3.05, 3.63) is 41.4 Å². The molecule has 2 N–H and O–H groups in total. The number of amides is 2. The number of ether oxygens (including phenoxy) is 1. The second-order valence-electron chi connectivity index (χ2n) is 4.23. The van der Waals surface area contributed by atoms with E-state index in [4.69, 9.17) is 4.74 Å². The molecule has 21 heavy (non-hydrogen) atoms. The Balaban J connectivity index is 2.10. The SMILES string of the molecule is CCOC(=O)C1=C(CSc2ccc(F)cc2)NC(=O)NC1. The van der Waals surface area contributed by atoms with E-state index >= 15 is 0 Å². The average Bonchev–Trinajstić information content (AvgIpc) is 2.47. The largest absolute Gasteiger partial charge is 0.463 e. The molecule has 0 aliphatic carbocycles. The van der Waals surface area contributed by atoms with Crippen molar-refractivity contribution < 1.29 is 18.7 Å². The van der Waals surface area contributed by atoms with Crippen LogP contribution in [0.1, 0.15) is 6.92 Å². The molecule has 2 amide bonds. The Bertz CT molecular complexity index is 572. The number of hydrogen-bond acceptors (Lipinski definition) is 4. The third kappa shape index (κ3) is 4.22. The lowest BCUT2D eigenvalue weighted by atomic mass is 10.2. The molecule has 0 atom stereocenters. The van der Waals surface area contributed by atoms with Crippen molar-refractivity contribution in [1.82, 2.24) is 10.6 Å². The lowest BCUT2D eigenvalue weighted by Gasteiger charge is -2.21. The van der Waals surface area contributed by atoms with Gasteiger partial charge < -0.3 is 15.4 Å². The summed E-state index contributed by atoms with van der Waals surface area (Å²) in [6, 6.07) is 5.67. The summed E-state index contributed by atoms with van der Waals surface area (Å²) in [7, 11) is 0. The van der Waals surface area contributed by atoms with Gasteiger partial charge in [-0.25, -0.2) is 14.0 Å². The zero-order valence-electron chi connectivity index (χ0n) is 11.4. The molecule has 0 fully saturated rings. The summed E-state index contributed by atoms with van der Waals surface area (Å²) in [4.78, 5) is 24.1. The van der Waals surface area contributed by atoms with Gasteiger partial charge in [0, 0.05) is 16.3 Å². The maximum Gasteiger partial charge on any atom is 0.337 e. The summed E-state index contributed by atoms with van der Waals surface area (Å²) >= 11 is 1.40. The van der Waals surface area contributed by atoms with Crippen LogP contribution in [0.5, 0.6) is 0 Å². The van der Waals surface area contributed by atoms with Crippen LogP contribution in [0, 0.1) is 5.82 Å². The lowest BCUT2D eigenvalue weighted by molar-refractivity contribution is -0.138. The second kappa shape index (κ2) is 7.12. The Morgan fingerprint density at radius 1 is 1.38 bits per heavy atom. The standard InChI is InChI=1S/C14H15FN2O3S/c1-2-20-13(18)11-7-16-14(19)17-12(11)8-21-10-5-3-9(15)4-6-10/h3-6H,2,7-8H2,1H3,(H2,16,17,19). The van der Waals surface area contributed by atoms with E-state index in [1.54, 1.807) is 19.1 Å². The van der Waals surface area contributed by atoms with Gasteiger partial charge in [0.25, 0.3) is 0 Å². The lowest BCUT2D eigenvalue weighted by Crippen LogP contribution is -2.44. The third-order valence-electron chi connectivity index (χ3n) is 2.77. The average molecular weight is 310 g/mol. The fraction of sp³-hybridized carbons (Fsp3) is 0.286. The highest BCUT2D eigenvalue weighted by Crippen LogP contribution is 2.22. The molecular formula is C14H15FN2O3S. The minimum Gasteiger partial charge on any atom is -0.463 e. The first kappa shape index (κ1) is 15.4. The monoisotopic (exact) mass is 310 g/mol. The molecule has 0 saturated carbocycles. The van der Waals surface area contributed by atoms with Gasteiger partial charge >= 0.3 is 12.0 Å². The van der Waals surface area contributed by atoms with Gasteiger partial charge in [-0.3, -0.25) is 0 Å². The van der Waals surface area contributed by atoms with Crippen molar-refractivity contribution in [1.29, 1.82) is 0 Å². The number of urea groups is 1. The molecule has 0 saturated heterocycles. The summed E-state index contributed by atoms with van der Waals surface area (Å²) < 4.78 is 17.8. The molecule has 0 aromatic heterocycles. The molecule has 5 nitrogen and oxygen atoms in total. The summed E-state index contributed by atoms with van der Waals surface area (Å²) in [6.07, 6.45) is 0. The van der Waals surface area contributed by atoms with E-state index in [0.29, 0.717) is 17.0 Å². The van der Waals surface area contributed by atoms with Gasteiger partial charge in [-0.2, -0.15) is 0 Å². The Labute approximate surface area is 125 Å². The van der Waals surface area contributed by atoms with E-state index in [2.05, 4.69) is 10.6 Å². The van der Waals surface area contributed by atoms with Crippen molar-refractivity contribution in [3.8, 4) is 0 Å². The van der Waals surface area contributed by atoms with Crippen LogP contribution in [0.3, 0.4) is 0 Å². The number of carbonyl (C=O) groups is 2. The second-order valence-corrected chi connectivity index (χ2v) is 5.28. The summed E-state index contributed by atoms with van der Waals surface area (Å²) in [6.45, 7) is 2.14. The number of rotatable bonds is 5. The van der Waals surface area contributed by atoms with Crippen molar-refractivity contribution in [3.63, 3.8) is 0 Å². The zero-order chi connectivity index (χ0) is 15.2. The smallest absolute Gasteiger partial charge is 0.337 e. The Morgan fingerprint density at radius 3 is 2.76 bits per heavy atom. The van der Waals surface area contributed by atoms with E-state index in [9.17, 15) is 14.0 Å². The zero-order valence-corrected chi connectivity index (χ0v) is 12.3. The molecule has 1 aromatic carbocycles. The molecule has 112 valence electrons. The molecular weight excluding hydrogens is 295 g/mol. The van der Waals surface area contributed by atoms with Crippen LogP contribution in [-0.4, -0.2) is 30.9 Å². The maximum absolute atomic E-state index is 12.8. The van der Waals surface area contributed by atoms with Crippen LogP contribution in [0.2, 0.25) is 0 Å². The van der Waals surface area contributed by atoms with Crippen LogP contribution in [-0.2, 0) is 9.53 Å². The first-order chi connectivity index (χ1) is 10.1. The predicted molar refractivity (Wildman–Crippen MR) is 77.3 cm³/mol. The van der Waals surface area contributed by atoms with Gasteiger partial charge in [0.05, 0.1) is 18.7 Å². The minimum absolute atomic E-state index is 0.143. The van der Waals surface area contributed by atoms with Gasteiger partial charge in [0.15, 0.2) is 0 Å². The fourth-order valence-corrected chi connectivity index (χ4v) is 2.64. The Morgan fingerprint density at radius 2 is 2.10 bits per heavy atom. The summed E-state index contributed by atoms with van der Waals surface area (Å²) in [5, 5.41) is 5.16. The van der Waals surface area contributed by atoms with Crippen LogP contribution >= 0.6 is 11.8 Å². The highest BCUT2D eigenvalue weighted by atomic mass is 32.2. The van der Waals surface area contributed by atoms with Crippen molar-refractivity contribution in [2.24, 2.45) is 0 Å². The van der Waals surface area contributed by atoms with Gasteiger partial charge in [-0.15, -0.1) is 11.8 Å². The normalized spacial score (nSPS) is 14.5. The summed E-state index contributed by atoms with van der Waals surface area (Å²) in [5.74, 6) is -0.353. The topological polar surface area (TPSA) is 67.4 Å². The molecule has 7 heteroatoms. The number of carbonyl (C=O) groups excluding carboxylic acids is 2. The highest BCUT2D eigenvalue weighted by Gasteiger charge is 2.23. The molecule has 1 aromatic rings. The minimum atomic E-state index is -0.445. The number of esters is 1. The van der Waals surface area contributed by atoms with Gasteiger partial charge in [-0.1, -0.05) is 0 Å². The highest BCUT2D eigenvalue weighted by molar-refractivity contribution is 7.99. The van der Waals surface area contributed by atoms with Crippen molar-refractivity contribution in [2.75, 3.05) is 18.9 Å². The Hall–Kier alpha value is -2.02. The van der Waals surface area contributed by atoms with Crippen molar-refractivity contribution >= 4 is 23.8 Å². The van der Waals surface area contributed by atoms with Crippen LogP contribution in [0.4, 0.5) is 9.18 Å². The molecule has 0 unspecified atom stereocenters. The molecule has 0 bridgehead atoms. The van der Waals surface area contributed by atoms with Gasteiger partial charge in [0.1, 0.15) is 5.82 Å². The van der Waals surface area contributed by atoms with Gasteiger partial charge in [0.2, 0.25) is 0 Å². The first-order valence-corrected chi connectivity index (χ1v) is 7.41. The number of halogens is 1. The Kier molecular flexibility index (Phi) is 5.21. The third-order valence-corrected chi connectivity index (χ3v) is 3.81. The van der Waals surface area contributed by atoms with Crippen LogP contribution in [0.15, 0.2) is 40.4 Å². The van der Waals surface area contributed by atoms with E-state index in [-0.39, 0.29) is 25.0 Å². The number of benzene rings is 1. The fourth-order valence-electron chi connectivity index (χ4n) is 1.76. The van der Waals surface area contributed by atoms with E-state index in [0.717, 1.165) is 4.90 Å². The molecule has 1 aliphatic rings. The maximum atomic E-state index is 12.8. The van der Waals surface area contributed by atoms with E-state index in [1.807, 2.05) is 0 Å². The molecule has 1 heterocycles. The summed E-state index contributed by atoms with van der Waals surface area (Å²) in [5.41, 5.74) is 0.928. The van der Waals surface area contributed by atoms with Crippen LogP contribution < -0.4 is 10.6 Å². The van der Waals surface area contributed by atoms with Gasteiger partial charge in [-0.05, 0) is 31.2 Å². The van der Waals surface area contributed by atoms with Crippen molar-refractivity contribution in [2.45, 2.75) is 11.8 Å². The van der Waals surface area contributed by atoms with Crippen LogP contribution in [0.25, 0.3) is 0 Å². The quantitative estimate of drug-likeness (QED) is 0.645. The number of nitrogens with one attached hydrogen (secondary N) is 2. The number of thioether (sulfide) groups is 1. The molecule has 1 aliphatic heterocycles. The first-order valence-electron chi connectivity index (χ1n) is 6.42. The predicted octanol–water partition coefficient (Wildman–Crippen LogP) is 2.05. The van der Waals surface area contributed by atoms with E-state index in [1.165, 1.54) is 23.9 Å². The number of hydrogen-bond donors (Lipinski definition) is 2. The molecule has 2 rings (SSSR count). The molecule has 0 radical (unpaired) electrons. The van der Waals surface area contributed by atoms with E-state index < -0.39 is 5.97 Å².